The highest BCUT2D eigenvalue weighted by Crippen LogP contribution is 2.28. The molecule has 2 rings (SSSR count). The summed E-state index contributed by atoms with van der Waals surface area (Å²) in [7, 11) is 0. The topological polar surface area (TPSA) is 49.3 Å². The van der Waals surface area contributed by atoms with E-state index in [2.05, 4.69) is 5.32 Å². The predicted molar refractivity (Wildman–Crippen MR) is 63.3 cm³/mol. The number of hydrogen-bond donors (Lipinski definition) is 2. The molecule has 0 heterocycles. The van der Waals surface area contributed by atoms with Crippen molar-refractivity contribution in [3.05, 3.63) is 29.6 Å². The number of halogens is 3. The van der Waals surface area contributed by atoms with E-state index in [1.807, 2.05) is 0 Å². The Bertz CT molecular complexity index is 493. The summed E-state index contributed by atoms with van der Waals surface area (Å²) in [5.74, 6) is -5.37. The van der Waals surface area contributed by atoms with Gasteiger partial charge < -0.3 is 10.4 Å². The number of benzene rings is 1. The third kappa shape index (κ3) is 3.00. The molecule has 1 saturated carbocycles. The molecule has 0 bridgehead atoms. The van der Waals surface area contributed by atoms with Gasteiger partial charge in [-0.05, 0) is 31.4 Å². The average molecular weight is 273 g/mol. The van der Waals surface area contributed by atoms with Crippen LogP contribution in [0.25, 0.3) is 0 Å². The second-order valence-corrected chi connectivity index (χ2v) is 4.77. The molecule has 6 heteroatoms. The molecule has 2 atom stereocenters. The number of nitrogens with one attached hydrogen (secondary N) is 1. The summed E-state index contributed by atoms with van der Waals surface area (Å²) < 4.78 is 39.3. The van der Waals surface area contributed by atoms with Gasteiger partial charge in [-0.3, -0.25) is 4.79 Å². The van der Waals surface area contributed by atoms with Crippen molar-refractivity contribution < 1.29 is 23.1 Å². The second kappa shape index (κ2) is 5.50. The van der Waals surface area contributed by atoms with Crippen LogP contribution in [0.5, 0.6) is 0 Å². The molecule has 0 saturated heterocycles. The fourth-order valence-corrected chi connectivity index (χ4v) is 2.40. The highest BCUT2D eigenvalue weighted by Gasteiger charge is 2.27. The molecular formula is C13H14F3NO2. The molecule has 0 aromatic heterocycles. The second-order valence-electron chi connectivity index (χ2n) is 4.77. The molecule has 0 radical (unpaired) electrons. The molecule has 1 fully saturated rings. The largest absolute Gasteiger partial charge is 0.481 e. The van der Waals surface area contributed by atoms with Crippen molar-refractivity contribution in [3.8, 4) is 0 Å². The van der Waals surface area contributed by atoms with Crippen LogP contribution in [0.1, 0.15) is 25.7 Å². The summed E-state index contributed by atoms with van der Waals surface area (Å²) in [6, 6.07) is 1.73. The molecule has 0 amide bonds. The van der Waals surface area contributed by atoms with Crippen LogP contribution in [0.2, 0.25) is 0 Å². The van der Waals surface area contributed by atoms with E-state index in [4.69, 9.17) is 5.11 Å². The fourth-order valence-electron chi connectivity index (χ4n) is 2.40. The number of rotatable bonds is 3. The van der Waals surface area contributed by atoms with E-state index in [9.17, 15) is 18.0 Å². The third-order valence-electron chi connectivity index (χ3n) is 3.42. The Morgan fingerprint density at radius 2 is 1.95 bits per heavy atom. The molecule has 3 nitrogen and oxygen atoms in total. The van der Waals surface area contributed by atoms with Crippen molar-refractivity contribution in [2.45, 2.75) is 31.7 Å². The standard InChI is InChI=1S/C13H14F3NO2/c14-9-4-5-10(12(16)11(9)15)17-8-3-1-2-7(6-8)13(18)19/h4-5,7-8,17H,1-3,6H2,(H,18,19). The summed E-state index contributed by atoms with van der Waals surface area (Å²) in [4.78, 5) is 10.9. The molecule has 19 heavy (non-hydrogen) atoms. The molecule has 1 aromatic rings. The van der Waals surface area contributed by atoms with Crippen LogP contribution < -0.4 is 5.32 Å². The predicted octanol–water partition coefficient (Wildman–Crippen LogP) is 3.16. The van der Waals surface area contributed by atoms with E-state index in [1.165, 1.54) is 0 Å². The zero-order valence-corrected chi connectivity index (χ0v) is 10.1. The molecule has 1 aliphatic rings. The maximum Gasteiger partial charge on any atom is 0.306 e. The lowest BCUT2D eigenvalue weighted by molar-refractivity contribution is -0.142. The van der Waals surface area contributed by atoms with Gasteiger partial charge in [0.15, 0.2) is 17.5 Å². The number of carbonyl (C=O) groups is 1. The monoisotopic (exact) mass is 273 g/mol. The summed E-state index contributed by atoms with van der Waals surface area (Å²) in [5, 5.41) is 11.7. The van der Waals surface area contributed by atoms with Crippen LogP contribution in [-0.4, -0.2) is 17.1 Å². The lowest BCUT2D eigenvalue weighted by Crippen LogP contribution is -2.31. The maximum absolute atomic E-state index is 13.5. The van der Waals surface area contributed by atoms with Crippen molar-refractivity contribution in [3.63, 3.8) is 0 Å². The Morgan fingerprint density at radius 1 is 1.21 bits per heavy atom. The van der Waals surface area contributed by atoms with Crippen LogP contribution in [0.15, 0.2) is 12.1 Å². The van der Waals surface area contributed by atoms with Gasteiger partial charge in [0.1, 0.15) is 0 Å². The Morgan fingerprint density at radius 3 is 2.63 bits per heavy atom. The molecule has 2 N–H and O–H groups in total. The zero-order valence-electron chi connectivity index (χ0n) is 10.1. The highest BCUT2D eigenvalue weighted by molar-refractivity contribution is 5.70. The lowest BCUT2D eigenvalue weighted by atomic mass is 9.85. The smallest absolute Gasteiger partial charge is 0.306 e. The summed E-state index contributed by atoms with van der Waals surface area (Å²) in [5.41, 5.74) is -0.130. The number of carboxylic acid groups (broad SMARTS) is 1. The van der Waals surface area contributed by atoms with Gasteiger partial charge in [-0.25, -0.2) is 13.2 Å². The molecule has 1 aliphatic carbocycles. The van der Waals surface area contributed by atoms with E-state index < -0.39 is 29.3 Å². The molecular weight excluding hydrogens is 259 g/mol. The van der Waals surface area contributed by atoms with Gasteiger partial charge in [-0.15, -0.1) is 0 Å². The Kier molecular flexibility index (Phi) is 3.97. The van der Waals surface area contributed by atoms with Crippen molar-refractivity contribution in [2.75, 3.05) is 5.32 Å². The minimum absolute atomic E-state index is 0.130. The van der Waals surface area contributed by atoms with Crippen molar-refractivity contribution in [1.29, 1.82) is 0 Å². The van der Waals surface area contributed by atoms with Crippen LogP contribution in [0.4, 0.5) is 18.9 Å². The molecule has 2 unspecified atom stereocenters. The van der Waals surface area contributed by atoms with Crippen LogP contribution in [0.3, 0.4) is 0 Å². The van der Waals surface area contributed by atoms with Gasteiger partial charge in [-0.1, -0.05) is 6.42 Å². The minimum Gasteiger partial charge on any atom is -0.481 e. The first-order valence-corrected chi connectivity index (χ1v) is 6.12. The zero-order chi connectivity index (χ0) is 14.0. The van der Waals surface area contributed by atoms with Gasteiger partial charge in [0.05, 0.1) is 11.6 Å². The summed E-state index contributed by atoms with van der Waals surface area (Å²) in [6.45, 7) is 0. The van der Waals surface area contributed by atoms with Crippen LogP contribution in [-0.2, 0) is 4.79 Å². The molecule has 104 valence electrons. The highest BCUT2D eigenvalue weighted by atomic mass is 19.2. The quantitative estimate of drug-likeness (QED) is 0.832. The Hall–Kier alpha value is -1.72. The van der Waals surface area contributed by atoms with Crippen molar-refractivity contribution >= 4 is 11.7 Å². The molecule has 1 aromatic carbocycles. The Labute approximate surface area is 108 Å². The SMILES string of the molecule is O=C(O)C1CCCC(Nc2ccc(F)c(F)c2F)C1. The van der Waals surface area contributed by atoms with Gasteiger partial charge >= 0.3 is 5.97 Å². The van der Waals surface area contributed by atoms with Gasteiger partial charge in [-0.2, -0.15) is 0 Å². The van der Waals surface area contributed by atoms with Gasteiger partial charge in [0.25, 0.3) is 0 Å². The number of anilines is 1. The third-order valence-corrected chi connectivity index (χ3v) is 3.42. The molecule has 0 spiro atoms. The average Bonchev–Trinajstić information content (AvgIpc) is 2.40. The summed E-state index contributed by atoms with van der Waals surface area (Å²) in [6.07, 6.45) is 2.34. The van der Waals surface area contributed by atoms with E-state index >= 15 is 0 Å². The maximum atomic E-state index is 13.5. The molecule has 0 aliphatic heterocycles. The van der Waals surface area contributed by atoms with Crippen LogP contribution in [0, 0.1) is 23.4 Å². The minimum atomic E-state index is -1.52. The first-order chi connectivity index (χ1) is 8.99. The van der Waals surface area contributed by atoms with Gasteiger partial charge in [0.2, 0.25) is 0 Å². The van der Waals surface area contributed by atoms with Crippen LogP contribution >= 0.6 is 0 Å². The van der Waals surface area contributed by atoms with Crippen molar-refractivity contribution in [2.24, 2.45) is 5.92 Å². The first kappa shape index (κ1) is 13.7. The first-order valence-electron chi connectivity index (χ1n) is 6.12. The lowest BCUT2D eigenvalue weighted by Gasteiger charge is -2.28. The number of carboxylic acids is 1. The Balaban J connectivity index is 2.09. The fraction of sp³-hybridized carbons (Fsp3) is 0.462. The van der Waals surface area contributed by atoms with E-state index in [-0.39, 0.29) is 11.7 Å². The van der Waals surface area contributed by atoms with Crippen molar-refractivity contribution in [1.82, 2.24) is 0 Å². The van der Waals surface area contributed by atoms with E-state index in [0.717, 1.165) is 12.1 Å². The van der Waals surface area contributed by atoms with Gasteiger partial charge in [0, 0.05) is 6.04 Å². The van der Waals surface area contributed by atoms with E-state index in [1.54, 1.807) is 0 Å². The summed E-state index contributed by atoms with van der Waals surface area (Å²) >= 11 is 0. The normalized spacial score (nSPS) is 23.1. The van der Waals surface area contributed by atoms with E-state index in [0.29, 0.717) is 25.7 Å². The number of aliphatic carboxylic acids is 1. The number of hydrogen-bond acceptors (Lipinski definition) is 2.